The molecule has 0 aromatic heterocycles. The first kappa shape index (κ1) is 24.1. The zero-order valence-corrected chi connectivity index (χ0v) is 20.5. The minimum atomic E-state index is -0.340. The molecule has 3 aromatic rings. The zero-order chi connectivity index (χ0) is 24.8. The van der Waals surface area contributed by atoms with Crippen LogP contribution in [0.25, 0.3) is 0 Å². The van der Waals surface area contributed by atoms with Gasteiger partial charge in [-0.2, -0.15) is 0 Å². The summed E-state index contributed by atoms with van der Waals surface area (Å²) in [5, 5.41) is 8.87. The van der Waals surface area contributed by atoms with Gasteiger partial charge in [0.15, 0.2) is 0 Å². The average molecular weight is 473 g/mol. The van der Waals surface area contributed by atoms with Crippen molar-refractivity contribution < 1.29 is 14.3 Å². The number of nitrogens with zero attached hydrogens (tertiary/aromatic N) is 1. The molecule has 7 heteroatoms. The first-order chi connectivity index (χ1) is 16.9. The Morgan fingerprint density at radius 1 is 0.914 bits per heavy atom. The van der Waals surface area contributed by atoms with Crippen LogP contribution in [0, 0.1) is 13.8 Å². The van der Waals surface area contributed by atoms with E-state index in [0.29, 0.717) is 17.8 Å². The Hall–Kier alpha value is -4.00. The highest BCUT2D eigenvalue weighted by Crippen LogP contribution is 2.30. The van der Waals surface area contributed by atoms with Crippen molar-refractivity contribution in [1.82, 2.24) is 5.32 Å². The van der Waals surface area contributed by atoms with E-state index in [-0.39, 0.29) is 11.9 Å². The van der Waals surface area contributed by atoms with Crippen LogP contribution in [0.3, 0.4) is 0 Å². The number of carbonyl (C=O) groups is 2. The van der Waals surface area contributed by atoms with Crippen LogP contribution in [-0.2, 0) is 6.54 Å². The van der Waals surface area contributed by atoms with Crippen molar-refractivity contribution in [3.8, 4) is 5.75 Å². The van der Waals surface area contributed by atoms with E-state index in [4.69, 9.17) is 4.74 Å². The maximum Gasteiger partial charge on any atom is 0.323 e. The highest BCUT2D eigenvalue weighted by atomic mass is 16.5. The van der Waals surface area contributed by atoms with E-state index in [9.17, 15) is 9.59 Å². The van der Waals surface area contributed by atoms with Crippen molar-refractivity contribution >= 4 is 29.0 Å². The summed E-state index contributed by atoms with van der Waals surface area (Å²) >= 11 is 0. The highest BCUT2D eigenvalue weighted by Gasteiger charge is 2.19. The molecule has 0 radical (unpaired) electrons. The highest BCUT2D eigenvalue weighted by molar-refractivity contribution is 6.04. The molecule has 3 aromatic carbocycles. The summed E-state index contributed by atoms with van der Waals surface area (Å²) in [5.74, 6) is 0.534. The Balaban J connectivity index is 1.51. The summed E-state index contributed by atoms with van der Waals surface area (Å²) in [6.07, 6.45) is 2.22. The minimum Gasteiger partial charge on any atom is -0.497 e. The first-order valence-corrected chi connectivity index (χ1v) is 11.9. The number of nitrogens with one attached hydrogen (secondary N) is 3. The molecule has 35 heavy (non-hydrogen) atoms. The molecular formula is C28H32N4O3. The number of rotatable bonds is 7. The van der Waals surface area contributed by atoms with Gasteiger partial charge in [0.2, 0.25) is 0 Å². The topological polar surface area (TPSA) is 82.7 Å². The third kappa shape index (κ3) is 6.12. The number of aryl methyl sites for hydroxylation is 2. The molecule has 1 saturated heterocycles. The molecule has 7 nitrogen and oxygen atoms in total. The van der Waals surface area contributed by atoms with Crippen LogP contribution in [0.15, 0.2) is 60.7 Å². The van der Waals surface area contributed by atoms with Gasteiger partial charge in [0.1, 0.15) is 5.75 Å². The number of benzene rings is 3. The molecule has 0 unspecified atom stereocenters. The molecule has 0 atom stereocenters. The smallest absolute Gasteiger partial charge is 0.323 e. The van der Waals surface area contributed by atoms with Gasteiger partial charge in [-0.25, -0.2) is 4.79 Å². The molecule has 3 amide bonds. The molecule has 0 bridgehead atoms. The van der Waals surface area contributed by atoms with Crippen LogP contribution < -0.4 is 25.6 Å². The Morgan fingerprint density at radius 2 is 1.69 bits per heavy atom. The van der Waals surface area contributed by atoms with Crippen molar-refractivity contribution in [2.24, 2.45) is 0 Å². The summed E-state index contributed by atoms with van der Waals surface area (Å²) in [6.45, 7) is 6.17. The lowest BCUT2D eigenvalue weighted by Crippen LogP contribution is -2.26. The number of urea groups is 1. The maximum atomic E-state index is 12.9. The van der Waals surface area contributed by atoms with Crippen molar-refractivity contribution in [2.75, 3.05) is 35.7 Å². The standard InChI is InChI=1S/C28H32N4O3/c1-19-9-10-20(2)24(15-19)30-28(34)31-25-17-22(11-12-26(25)32-13-4-5-14-32)27(33)29-18-21-7-6-8-23(16-21)35-3/h6-12,15-17H,4-5,13-14,18H2,1-3H3,(H,29,33)(H2,30,31,34). The van der Waals surface area contributed by atoms with Gasteiger partial charge < -0.3 is 25.6 Å². The number of hydrogen-bond acceptors (Lipinski definition) is 4. The summed E-state index contributed by atoms with van der Waals surface area (Å²) in [7, 11) is 1.62. The minimum absolute atomic E-state index is 0.209. The lowest BCUT2D eigenvalue weighted by Gasteiger charge is -2.22. The van der Waals surface area contributed by atoms with Crippen LogP contribution in [0.4, 0.5) is 21.9 Å². The SMILES string of the molecule is COc1cccc(CNC(=O)c2ccc(N3CCCC3)c(NC(=O)Nc3cc(C)ccc3C)c2)c1. The van der Waals surface area contributed by atoms with Crippen molar-refractivity contribution in [2.45, 2.75) is 33.2 Å². The predicted octanol–water partition coefficient (Wildman–Crippen LogP) is 5.49. The first-order valence-electron chi connectivity index (χ1n) is 11.9. The van der Waals surface area contributed by atoms with Gasteiger partial charge in [-0.15, -0.1) is 0 Å². The Labute approximate surface area is 206 Å². The average Bonchev–Trinajstić information content (AvgIpc) is 3.39. The normalized spacial score (nSPS) is 12.8. The summed E-state index contributed by atoms with van der Waals surface area (Å²) < 4.78 is 5.25. The molecule has 1 aliphatic rings. The number of hydrogen-bond donors (Lipinski definition) is 3. The van der Waals surface area contributed by atoms with Gasteiger partial charge in [0.05, 0.1) is 18.5 Å². The second-order valence-electron chi connectivity index (χ2n) is 8.86. The molecular weight excluding hydrogens is 440 g/mol. The lowest BCUT2D eigenvalue weighted by atomic mass is 10.1. The predicted molar refractivity (Wildman–Crippen MR) is 141 cm³/mol. The van der Waals surface area contributed by atoms with Gasteiger partial charge >= 0.3 is 6.03 Å². The van der Waals surface area contributed by atoms with Gasteiger partial charge in [-0.1, -0.05) is 24.3 Å². The third-order valence-electron chi connectivity index (χ3n) is 6.18. The van der Waals surface area contributed by atoms with E-state index < -0.39 is 0 Å². The molecule has 4 rings (SSSR count). The second-order valence-corrected chi connectivity index (χ2v) is 8.86. The number of anilines is 3. The molecule has 0 spiro atoms. The summed E-state index contributed by atoms with van der Waals surface area (Å²) in [4.78, 5) is 28.1. The van der Waals surface area contributed by atoms with Crippen LogP contribution in [-0.4, -0.2) is 32.1 Å². The van der Waals surface area contributed by atoms with Crippen LogP contribution in [0.5, 0.6) is 5.75 Å². The second kappa shape index (κ2) is 11.0. The lowest BCUT2D eigenvalue weighted by molar-refractivity contribution is 0.0951. The molecule has 3 N–H and O–H groups in total. The van der Waals surface area contributed by atoms with Crippen molar-refractivity contribution in [3.05, 3.63) is 82.9 Å². The van der Waals surface area contributed by atoms with Crippen molar-refractivity contribution in [1.29, 1.82) is 0 Å². The fourth-order valence-corrected chi connectivity index (χ4v) is 4.22. The van der Waals surface area contributed by atoms with Crippen LogP contribution in [0.2, 0.25) is 0 Å². The summed E-state index contributed by atoms with van der Waals surface area (Å²) in [5.41, 5.74) is 5.77. The Bertz CT molecular complexity index is 1220. The van der Waals surface area contributed by atoms with Crippen molar-refractivity contribution in [3.63, 3.8) is 0 Å². The van der Waals surface area contributed by atoms with E-state index in [2.05, 4.69) is 20.9 Å². The maximum absolute atomic E-state index is 12.9. The quantitative estimate of drug-likeness (QED) is 0.425. The van der Waals surface area contributed by atoms with Gasteiger partial charge in [0.25, 0.3) is 5.91 Å². The van der Waals surface area contributed by atoms with E-state index in [0.717, 1.165) is 59.7 Å². The van der Waals surface area contributed by atoms with Crippen LogP contribution in [0.1, 0.15) is 39.9 Å². The summed E-state index contributed by atoms with van der Waals surface area (Å²) in [6, 6.07) is 18.6. The van der Waals surface area contributed by atoms with Gasteiger partial charge in [-0.05, 0) is 79.8 Å². The number of methoxy groups -OCH3 is 1. The molecule has 1 fully saturated rings. The molecule has 182 valence electrons. The fraction of sp³-hybridized carbons (Fsp3) is 0.286. The molecule has 1 heterocycles. The third-order valence-corrected chi connectivity index (χ3v) is 6.18. The fourth-order valence-electron chi connectivity index (χ4n) is 4.22. The zero-order valence-electron chi connectivity index (χ0n) is 20.5. The molecule has 0 saturated carbocycles. The number of ether oxygens (including phenoxy) is 1. The number of carbonyl (C=O) groups excluding carboxylic acids is 2. The van der Waals surface area contributed by atoms with E-state index in [1.54, 1.807) is 13.2 Å². The van der Waals surface area contributed by atoms with Gasteiger partial charge in [0, 0.05) is 30.9 Å². The number of amides is 3. The Morgan fingerprint density at radius 3 is 2.46 bits per heavy atom. The molecule has 0 aliphatic carbocycles. The van der Waals surface area contributed by atoms with Gasteiger partial charge in [-0.3, -0.25) is 4.79 Å². The van der Waals surface area contributed by atoms with E-state index >= 15 is 0 Å². The Kier molecular flexibility index (Phi) is 7.55. The molecule has 1 aliphatic heterocycles. The monoisotopic (exact) mass is 472 g/mol. The van der Waals surface area contributed by atoms with Crippen LogP contribution >= 0.6 is 0 Å². The largest absolute Gasteiger partial charge is 0.497 e. The van der Waals surface area contributed by atoms with E-state index in [1.807, 2.05) is 68.4 Å². The van der Waals surface area contributed by atoms with E-state index in [1.165, 1.54) is 0 Å².